The number of carboxylic acid groups (broad SMARTS) is 1. The average molecular weight is 447 g/mol. The van der Waals surface area contributed by atoms with E-state index in [0.717, 1.165) is 11.1 Å². The Balaban J connectivity index is 2.12. The van der Waals surface area contributed by atoms with Gasteiger partial charge in [0.1, 0.15) is 5.75 Å². The van der Waals surface area contributed by atoms with Gasteiger partial charge in [0.15, 0.2) is 18.1 Å². The fraction of sp³-hybridized carbons (Fsp3) is 0.304. The molecule has 0 heterocycles. The van der Waals surface area contributed by atoms with Crippen LogP contribution in [0.1, 0.15) is 30.5 Å². The fourth-order valence-electron chi connectivity index (χ4n) is 2.76. The predicted octanol–water partition coefficient (Wildman–Crippen LogP) is 3.04. The van der Waals surface area contributed by atoms with E-state index in [-0.39, 0.29) is 12.7 Å². The number of carbonyl (C=O) groups excluding carboxylic acids is 2. The second-order valence-corrected chi connectivity index (χ2v) is 7.51. The second-order valence-electron chi connectivity index (χ2n) is 7.13. The largest absolute Gasteiger partial charge is 0.543 e. The molecule has 7 nitrogen and oxygen atoms in total. The van der Waals surface area contributed by atoms with Crippen LogP contribution in [0.2, 0.25) is 5.02 Å². The van der Waals surface area contributed by atoms with E-state index >= 15 is 0 Å². The molecule has 0 bridgehead atoms. The van der Waals surface area contributed by atoms with Gasteiger partial charge < -0.3 is 29.4 Å². The Bertz CT molecular complexity index is 977. The first-order valence-electron chi connectivity index (χ1n) is 9.57. The molecule has 0 saturated heterocycles. The lowest BCUT2D eigenvalue weighted by Gasteiger charge is -2.15. The molecular weight excluding hydrogens is 422 g/mol. The Kier molecular flexibility index (Phi) is 8.33. The van der Waals surface area contributed by atoms with Crippen molar-refractivity contribution in [2.24, 2.45) is 0 Å². The number of carbonyl (C=O) groups is 2. The van der Waals surface area contributed by atoms with Crippen LogP contribution in [-0.4, -0.2) is 31.7 Å². The number of benzene rings is 2. The highest BCUT2D eigenvalue weighted by Crippen LogP contribution is 2.30. The molecule has 0 aromatic heterocycles. The summed E-state index contributed by atoms with van der Waals surface area (Å²) in [5.41, 5.74) is 1.70. The van der Waals surface area contributed by atoms with Gasteiger partial charge in [0.05, 0.1) is 24.9 Å². The summed E-state index contributed by atoms with van der Waals surface area (Å²) in [7, 11) is 1.48. The van der Waals surface area contributed by atoms with Crippen molar-refractivity contribution >= 4 is 29.6 Å². The molecule has 1 amide bonds. The minimum absolute atomic E-state index is 0.0541. The third-order valence-corrected chi connectivity index (χ3v) is 4.73. The number of halogens is 1. The van der Waals surface area contributed by atoms with Crippen molar-refractivity contribution in [3.63, 3.8) is 0 Å². The van der Waals surface area contributed by atoms with Gasteiger partial charge in [-0.05, 0) is 74.7 Å². The molecule has 166 valence electrons. The van der Waals surface area contributed by atoms with Gasteiger partial charge in [-0.2, -0.15) is 0 Å². The summed E-state index contributed by atoms with van der Waals surface area (Å²) >= 11 is 6.12. The quantitative estimate of drug-likeness (QED) is 0.594. The zero-order valence-corrected chi connectivity index (χ0v) is 18.8. The number of ether oxygens (including phenoxy) is 3. The van der Waals surface area contributed by atoms with Crippen LogP contribution < -0.4 is 24.6 Å². The maximum atomic E-state index is 12.2. The maximum absolute atomic E-state index is 12.2. The maximum Gasteiger partial charge on any atom is 0.262 e. The Morgan fingerprint density at radius 2 is 1.77 bits per heavy atom. The summed E-state index contributed by atoms with van der Waals surface area (Å²) in [6.45, 7) is 7.03. The van der Waals surface area contributed by atoms with E-state index in [2.05, 4.69) is 5.32 Å². The zero-order valence-electron chi connectivity index (χ0n) is 18.1. The lowest BCUT2D eigenvalue weighted by Crippen LogP contribution is -2.37. The highest BCUT2D eigenvalue weighted by Gasteiger charge is 2.11. The van der Waals surface area contributed by atoms with Gasteiger partial charge >= 0.3 is 0 Å². The zero-order chi connectivity index (χ0) is 23.1. The smallest absolute Gasteiger partial charge is 0.262 e. The Morgan fingerprint density at radius 3 is 2.32 bits per heavy atom. The van der Waals surface area contributed by atoms with E-state index in [1.165, 1.54) is 13.2 Å². The summed E-state index contributed by atoms with van der Waals surface area (Å²) in [4.78, 5) is 23.7. The van der Waals surface area contributed by atoms with E-state index in [9.17, 15) is 14.7 Å². The Hall–Kier alpha value is -3.19. The SMILES string of the molecule is COc1cc(/C=C(/NC(=O)COc2cc(C)c(Cl)c(C)c2)C(=O)[O-])ccc1OC(C)C. The normalized spacial score (nSPS) is 11.3. The molecule has 0 aliphatic heterocycles. The minimum atomic E-state index is -1.53. The molecule has 0 fully saturated rings. The van der Waals surface area contributed by atoms with Crippen LogP contribution in [0.4, 0.5) is 0 Å². The number of rotatable bonds is 9. The van der Waals surface area contributed by atoms with Gasteiger partial charge in [-0.3, -0.25) is 4.79 Å². The van der Waals surface area contributed by atoms with E-state index in [1.54, 1.807) is 30.3 Å². The lowest BCUT2D eigenvalue weighted by atomic mass is 10.1. The number of nitrogens with one attached hydrogen (secondary N) is 1. The van der Waals surface area contributed by atoms with Gasteiger partial charge in [0, 0.05) is 5.02 Å². The second kappa shape index (κ2) is 10.7. The van der Waals surface area contributed by atoms with Crippen LogP contribution in [0.5, 0.6) is 17.2 Å². The molecule has 1 N–H and O–H groups in total. The van der Waals surface area contributed by atoms with E-state index in [4.69, 9.17) is 25.8 Å². The van der Waals surface area contributed by atoms with Crippen LogP contribution in [-0.2, 0) is 9.59 Å². The molecular formula is C23H25ClNO6-. The van der Waals surface area contributed by atoms with Gasteiger partial charge in [0.2, 0.25) is 0 Å². The van der Waals surface area contributed by atoms with Crippen LogP contribution in [0.25, 0.3) is 6.08 Å². The molecule has 0 unspecified atom stereocenters. The highest BCUT2D eigenvalue weighted by atomic mass is 35.5. The van der Waals surface area contributed by atoms with Crippen molar-refractivity contribution in [3.8, 4) is 17.2 Å². The molecule has 2 aromatic rings. The monoisotopic (exact) mass is 446 g/mol. The van der Waals surface area contributed by atoms with Gasteiger partial charge in [-0.15, -0.1) is 0 Å². The van der Waals surface area contributed by atoms with Crippen molar-refractivity contribution in [1.29, 1.82) is 0 Å². The van der Waals surface area contributed by atoms with Gasteiger partial charge in [0.25, 0.3) is 5.91 Å². The summed E-state index contributed by atoms with van der Waals surface area (Å²) in [6, 6.07) is 8.30. The third kappa shape index (κ3) is 6.93. The average Bonchev–Trinajstić information content (AvgIpc) is 2.70. The summed E-state index contributed by atoms with van der Waals surface area (Å²) in [6.07, 6.45) is 1.22. The molecule has 2 aromatic carbocycles. The number of hydrogen-bond acceptors (Lipinski definition) is 6. The topological polar surface area (TPSA) is 96.9 Å². The predicted molar refractivity (Wildman–Crippen MR) is 116 cm³/mol. The number of aryl methyl sites for hydroxylation is 2. The van der Waals surface area contributed by atoms with Crippen molar-refractivity contribution in [2.45, 2.75) is 33.8 Å². The van der Waals surface area contributed by atoms with Crippen molar-refractivity contribution in [2.75, 3.05) is 13.7 Å². The van der Waals surface area contributed by atoms with Crippen LogP contribution >= 0.6 is 11.6 Å². The standard InChI is InChI=1S/C23H26ClNO6/c1-13(2)31-19-7-6-16(11-20(19)29-5)10-18(23(27)28)25-21(26)12-30-17-8-14(3)22(24)15(4)9-17/h6-11,13H,12H2,1-5H3,(H,25,26)(H,27,28)/p-1/b18-10+. The molecule has 31 heavy (non-hydrogen) atoms. The first-order chi connectivity index (χ1) is 14.6. The van der Waals surface area contributed by atoms with Crippen molar-refractivity contribution in [1.82, 2.24) is 5.32 Å². The first kappa shape index (κ1) is 24.1. The van der Waals surface area contributed by atoms with Crippen molar-refractivity contribution < 1.29 is 28.9 Å². The number of carboxylic acids is 1. The van der Waals surface area contributed by atoms with E-state index in [1.807, 2.05) is 27.7 Å². The minimum Gasteiger partial charge on any atom is -0.543 e. The molecule has 0 radical (unpaired) electrons. The highest BCUT2D eigenvalue weighted by molar-refractivity contribution is 6.32. The molecule has 2 rings (SSSR count). The summed E-state index contributed by atoms with van der Waals surface area (Å²) in [5.74, 6) is -0.765. The molecule has 0 aliphatic carbocycles. The third-order valence-electron chi connectivity index (χ3n) is 4.14. The van der Waals surface area contributed by atoms with Gasteiger partial charge in [-0.25, -0.2) is 0 Å². The molecule has 0 saturated carbocycles. The van der Waals surface area contributed by atoms with E-state index < -0.39 is 17.6 Å². The van der Waals surface area contributed by atoms with Crippen LogP contribution in [0, 0.1) is 13.8 Å². The molecule has 0 spiro atoms. The first-order valence-corrected chi connectivity index (χ1v) is 9.95. The molecule has 8 heteroatoms. The summed E-state index contributed by atoms with van der Waals surface area (Å²) in [5, 5.41) is 14.4. The van der Waals surface area contributed by atoms with Gasteiger partial charge in [-0.1, -0.05) is 17.7 Å². The molecule has 0 atom stereocenters. The molecule has 0 aliphatic rings. The lowest BCUT2D eigenvalue weighted by molar-refractivity contribution is -0.299. The fourth-order valence-corrected chi connectivity index (χ4v) is 2.87. The number of amides is 1. The number of aliphatic carboxylic acids is 1. The van der Waals surface area contributed by atoms with Crippen molar-refractivity contribution in [3.05, 3.63) is 57.7 Å². The number of methoxy groups -OCH3 is 1. The number of hydrogen-bond donors (Lipinski definition) is 1. The van der Waals surface area contributed by atoms with Crippen LogP contribution in [0.15, 0.2) is 36.0 Å². The van der Waals surface area contributed by atoms with Crippen LogP contribution in [0.3, 0.4) is 0 Å². The Labute approximate surface area is 186 Å². The Morgan fingerprint density at radius 1 is 1.13 bits per heavy atom. The summed E-state index contributed by atoms with van der Waals surface area (Å²) < 4.78 is 16.4. The van der Waals surface area contributed by atoms with E-state index in [0.29, 0.717) is 27.8 Å².